The van der Waals surface area contributed by atoms with Crippen molar-refractivity contribution in [2.45, 2.75) is 240 Å². The fourth-order valence-corrected chi connectivity index (χ4v) is 21.2. The number of methoxy groups -OCH3 is 2. The van der Waals surface area contributed by atoms with E-state index in [1.165, 1.54) is 31.1 Å². The first kappa shape index (κ1) is 102. The fourth-order valence-electron chi connectivity index (χ4n) is 18.4. The quantitative estimate of drug-likeness (QED) is 0.0287. The molecule has 6 aliphatic rings. The van der Waals surface area contributed by atoms with Crippen molar-refractivity contribution in [3.8, 4) is 0 Å². The zero-order valence-electron chi connectivity index (χ0n) is 77.5. The van der Waals surface area contributed by atoms with Gasteiger partial charge >= 0.3 is 5.97 Å². The molecule has 0 spiro atoms. The summed E-state index contributed by atoms with van der Waals surface area (Å²) >= 11 is 1.79. The number of nitrogens with one attached hydrogen (secondary N) is 4. The number of nitrogens with zero attached hydrogens (tertiary/aromatic N) is 10. The Morgan fingerprint density at radius 1 is 0.772 bits per heavy atom. The van der Waals surface area contributed by atoms with Crippen LogP contribution in [-0.4, -0.2) is 303 Å². The number of carboxylic acids is 1. The van der Waals surface area contributed by atoms with Crippen molar-refractivity contribution in [2.24, 2.45) is 23.7 Å². The Hall–Kier alpha value is -8.67. The van der Waals surface area contributed by atoms with Gasteiger partial charge in [0.25, 0.3) is 0 Å². The highest BCUT2D eigenvalue weighted by Gasteiger charge is 2.45. The number of carboxylic acid groups (broad SMARTS) is 1. The number of aliphatic hydroxyl groups is 1. The molecule has 2 aromatic carbocycles. The summed E-state index contributed by atoms with van der Waals surface area (Å²) in [6.45, 7) is 19.4. The van der Waals surface area contributed by atoms with Crippen LogP contribution in [0.1, 0.15) is 188 Å². The molecule has 9 rings (SSSR count). The number of likely N-dealkylation sites (tertiary alicyclic amines) is 2. The number of sulfonamides is 1. The second kappa shape index (κ2) is 48.3. The molecule has 1 aromatic heterocycles. The highest BCUT2D eigenvalue weighted by atomic mass is 32.2. The maximum absolute atomic E-state index is 14.8. The maximum Gasteiger partial charge on any atom is 0.326 e. The Morgan fingerprint density at radius 2 is 1.50 bits per heavy atom. The largest absolute Gasteiger partial charge is 0.480 e. The Morgan fingerprint density at radius 3 is 2.19 bits per heavy atom. The number of anilines is 1. The highest BCUT2D eigenvalue weighted by Crippen LogP contribution is 2.44. The summed E-state index contributed by atoms with van der Waals surface area (Å²) in [7, 11) is 7.88. The van der Waals surface area contributed by atoms with Crippen LogP contribution in [-0.2, 0) is 78.7 Å². The van der Waals surface area contributed by atoms with Crippen LogP contribution in [0, 0.1) is 23.7 Å². The second-order valence-electron chi connectivity index (χ2n) is 35.7. The van der Waals surface area contributed by atoms with Gasteiger partial charge in [-0.25, -0.2) is 22.6 Å². The number of fused-ring (bicyclic) bond motifs is 6. The van der Waals surface area contributed by atoms with E-state index in [0.717, 1.165) is 53.6 Å². The zero-order chi connectivity index (χ0) is 92.5. The van der Waals surface area contributed by atoms with E-state index >= 15 is 0 Å². The summed E-state index contributed by atoms with van der Waals surface area (Å²) in [6, 6.07) is 7.40. The number of ether oxygens (including phenoxy) is 4. The molecule has 702 valence electrons. The maximum atomic E-state index is 14.8. The number of hydrogen-bond donors (Lipinski definition) is 6. The number of allylic oxidation sites excluding steroid dienone is 9. The van der Waals surface area contributed by atoms with Crippen LogP contribution in [0.25, 0.3) is 16.3 Å². The summed E-state index contributed by atoms with van der Waals surface area (Å²) in [5, 5.41) is 41.6. The molecular formula is C94H142N14O17S2. The number of benzene rings is 2. The van der Waals surface area contributed by atoms with E-state index in [-0.39, 0.29) is 154 Å². The van der Waals surface area contributed by atoms with E-state index < -0.39 is 100.0 Å². The molecule has 127 heavy (non-hydrogen) atoms. The number of thioether (sulfide) groups is 1. The number of aromatic nitrogens is 3. The highest BCUT2D eigenvalue weighted by molar-refractivity contribution is 8.01. The van der Waals surface area contributed by atoms with E-state index in [1.807, 2.05) is 109 Å². The van der Waals surface area contributed by atoms with Gasteiger partial charge in [0.2, 0.25) is 57.3 Å². The average molecular weight is 1800 g/mol. The van der Waals surface area contributed by atoms with Gasteiger partial charge < -0.3 is 79.4 Å². The molecule has 0 radical (unpaired) electrons. The molecule has 12 unspecified atom stereocenters. The summed E-state index contributed by atoms with van der Waals surface area (Å²) in [4.78, 5) is 138. The average Bonchev–Trinajstić information content (AvgIpc) is 1.70. The lowest BCUT2D eigenvalue weighted by Crippen LogP contribution is -2.56. The van der Waals surface area contributed by atoms with E-state index in [1.54, 1.807) is 67.6 Å². The summed E-state index contributed by atoms with van der Waals surface area (Å²) in [5.41, 5.74) is 3.39. The van der Waals surface area contributed by atoms with Crippen molar-refractivity contribution < 1.29 is 80.7 Å². The van der Waals surface area contributed by atoms with Crippen molar-refractivity contribution >= 4 is 97.0 Å². The summed E-state index contributed by atoms with van der Waals surface area (Å²) < 4.78 is 56.1. The van der Waals surface area contributed by atoms with Gasteiger partial charge in [-0.05, 0) is 115 Å². The van der Waals surface area contributed by atoms with Crippen LogP contribution >= 0.6 is 11.8 Å². The Balaban J connectivity index is 0.754. The standard InChI is InChI=1S/C94H142N14O17S2/c1-16-64(6)86(76(122-14)59-82(112)106-51-28-39-75(106)88(123-15)65(7)89(114)98-72(92(117)118)58-66-30-20-19-21-31-66)104(13)83(113)60-96-90(115)85(63(4)5)103(12)80(110)41-42-81(111)107-61-67-32-22-23-33-68(67)87-84(71-34-24-25-37-74(71)107)99-100-108(87)53-55-125-57-56-124-54-46-94(119,62-102(11)49-29-50-105-52-44-77(91(105)116)126-93(8,17-2)18-3)45-43-79(109)95-47-48-97-127(120,121)78-40-27-35-69-70(78)36-26-38-73(69)101(9)10/h19-20,22-23,26-27,30,32-38,40,63-65,67-68,72,75-77,85-86,88,97,119H,16-18,21,24-25,28-29,31,39,41-62H2,1-15H3,(H,95,109)(H,96,115)(H,98,114)(H,117,118). The molecule has 0 saturated carbocycles. The van der Waals surface area contributed by atoms with Crippen molar-refractivity contribution in [3.63, 3.8) is 0 Å². The first-order valence-electron chi connectivity index (χ1n) is 45.6. The molecule has 0 bridgehead atoms. The first-order valence-corrected chi connectivity index (χ1v) is 48.0. The van der Waals surface area contributed by atoms with Crippen LogP contribution in [0.2, 0.25) is 0 Å². The molecule has 2 saturated heterocycles. The molecular weight excluding hydrogens is 1660 g/mol. The molecule has 12 atom stereocenters. The molecule has 8 amide bonds. The number of carbonyl (C=O) groups is 9. The van der Waals surface area contributed by atoms with Crippen LogP contribution in [0.3, 0.4) is 0 Å². The Labute approximate surface area is 756 Å². The second-order valence-corrected chi connectivity index (χ2v) is 39.2. The third kappa shape index (κ3) is 27.2. The predicted octanol–water partition coefficient (Wildman–Crippen LogP) is 9.03. The van der Waals surface area contributed by atoms with E-state index in [2.05, 4.69) is 59.7 Å². The SMILES string of the molecule is CCC(C)C(C(CC(=O)N1CCCC1C(OC)C(C)C(=O)NC(CC1=CC=CCC1)C(=O)O)OC)N(C)C(=O)CNC(=O)C(C(C)C)N(C)C(=O)CCC(=O)N1CC2C=CC=CC2c2c(nnn2CCOCCOCCC(O)(CCC(=O)NCCNS(=O)(=O)c2cccc3c(N(C)C)cccc23)CN(C)CCCN2CCC(SC(C)(CC)CC)C2=O)C2=CCCC=C21. The molecule has 3 aliphatic heterocycles. The minimum atomic E-state index is -3.95. The third-order valence-electron chi connectivity index (χ3n) is 26.3. The lowest BCUT2D eigenvalue weighted by Gasteiger charge is -2.39. The first-order chi connectivity index (χ1) is 60.6. The van der Waals surface area contributed by atoms with Crippen molar-refractivity contribution in [1.29, 1.82) is 0 Å². The van der Waals surface area contributed by atoms with Crippen molar-refractivity contribution in [3.05, 3.63) is 114 Å². The lowest BCUT2D eigenvalue weighted by molar-refractivity contribution is -0.147. The number of aliphatic carboxylic acids is 1. The summed E-state index contributed by atoms with van der Waals surface area (Å²) in [6.07, 6.45) is 24.5. The van der Waals surface area contributed by atoms with Gasteiger partial charge in [-0.1, -0.05) is 152 Å². The van der Waals surface area contributed by atoms with E-state index in [9.17, 15) is 61.8 Å². The smallest absolute Gasteiger partial charge is 0.326 e. The molecule has 6 N–H and O–H groups in total. The van der Waals surface area contributed by atoms with Gasteiger partial charge in [-0.15, -0.1) is 16.9 Å². The number of rotatable bonds is 51. The van der Waals surface area contributed by atoms with Gasteiger partial charge in [0.15, 0.2) is 0 Å². The van der Waals surface area contributed by atoms with Crippen LogP contribution < -0.4 is 25.6 Å². The molecule has 3 aromatic rings. The minimum Gasteiger partial charge on any atom is -0.480 e. The van der Waals surface area contributed by atoms with Gasteiger partial charge in [0.05, 0.1) is 91.0 Å². The number of likely N-dealkylation sites (N-methyl/N-ethyl adjacent to an activating group) is 3. The van der Waals surface area contributed by atoms with Gasteiger partial charge in [-0.2, -0.15) is 0 Å². The minimum absolute atomic E-state index is 0.0278. The lowest BCUT2D eigenvalue weighted by atomic mass is 9.80. The number of carbonyl (C=O) groups excluding carboxylic acids is 8. The summed E-state index contributed by atoms with van der Waals surface area (Å²) in [5.74, 6) is -5.66. The van der Waals surface area contributed by atoms with E-state index in [0.29, 0.717) is 94.4 Å². The normalized spacial score (nSPS) is 19.8. The van der Waals surface area contributed by atoms with Gasteiger partial charge in [0.1, 0.15) is 17.8 Å². The molecule has 33 heteroatoms. The van der Waals surface area contributed by atoms with Crippen LogP contribution in [0.4, 0.5) is 5.69 Å². The topological polar surface area (TPSA) is 367 Å². The predicted molar refractivity (Wildman–Crippen MR) is 493 cm³/mol. The molecule has 4 heterocycles. The third-order valence-corrected chi connectivity index (χ3v) is 29.7. The van der Waals surface area contributed by atoms with E-state index in [4.69, 9.17) is 29.3 Å². The van der Waals surface area contributed by atoms with Gasteiger partial charge in [-0.3, -0.25) is 38.4 Å². The van der Waals surface area contributed by atoms with Crippen molar-refractivity contribution in [2.75, 3.05) is 140 Å². The van der Waals surface area contributed by atoms with Crippen LogP contribution in [0.5, 0.6) is 0 Å². The Kier molecular flexibility index (Phi) is 38.8. The number of hydrogen-bond acceptors (Lipinski definition) is 21. The van der Waals surface area contributed by atoms with Crippen LogP contribution in [0.15, 0.2) is 107 Å². The zero-order valence-corrected chi connectivity index (χ0v) is 79.2. The number of amides is 8. The fraction of sp³-hybridized carbons (Fsp3) is 0.649. The molecule has 2 fully saturated rings. The Bertz CT molecular complexity index is 4580. The molecule has 31 nitrogen and oxygen atoms in total. The van der Waals surface area contributed by atoms with Gasteiger partial charge in [0, 0.05) is 165 Å². The monoisotopic (exact) mass is 1800 g/mol. The molecule has 3 aliphatic carbocycles. The van der Waals surface area contributed by atoms with Crippen molar-refractivity contribution in [1.82, 2.24) is 65.1 Å².